The van der Waals surface area contributed by atoms with E-state index in [0.717, 1.165) is 18.9 Å². The van der Waals surface area contributed by atoms with Crippen LogP contribution in [0.3, 0.4) is 0 Å². The summed E-state index contributed by atoms with van der Waals surface area (Å²) in [6.07, 6.45) is 4.74. The Morgan fingerprint density at radius 2 is 2.00 bits per heavy atom. The Bertz CT molecular complexity index is 404. The van der Waals surface area contributed by atoms with Crippen LogP contribution in [0.4, 0.5) is 4.39 Å². The Morgan fingerprint density at radius 1 is 1.30 bits per heavy atom. The number of piperidine rings is 1. The van der Waals surface area contributed by atoms with Crippen LogP contribution in [-0.2, 0) is 0 Å². The molecule has 1 aromatic carbocycles. The summed E-state index contributed by atoms with van der Waals surface area (Å²) in [7, 11) is 0. The zero-order chi connectivity index (χ0) is 14.5. The van der Waals surface area contributed by atoms with Crippen LogP contribution in [0.1, 0.15) is 51.1 Å². The van der Waals surface area contributed by atoms with Gasteiger partial charge < -0.3 is 5.73 Å². The van der Waals surface area contributed by atoms with Gasteiger partial charge in [0.1, 0.15) is 5.82 Å². The fourth-order valence-electron chi connectivity index (χ4n) is 3.51. The average molecular weight is 278 g/mol. The van der Waals surface area contributed by atoms with E-state index in [1.54, 1.807) is 12.1 Å². The van der Waals surface area contributed by atoms with E-state index in [1.165, 1.54) is 24.8 Å². The first-order valence-electron chi connectivity index (χ1n) is 7.90. The largest absolute Gasteiger partial charge is 0.329 e. The first-order valence-corrected chi connectivity index (χ1v) is 7.90. The molecule has 2 nitrogen and oxygen atoms in total. The molecule has 2 N–H and O–H groups in total. The van der Waals surface area contributed by atoms with Crippen LogP contribution in [-0.4, -0.2) is 24.0 Å². The topological polar surface area (TPSA) is 29.3 Å². The van der Waals surface area contributed by atoms with E-state index in [-0.39, 0.29) is 5.82 Å². The molecule has 0 amide bonds. The van der Waals surface area contributed by atoms with Gasteiger partial charge in [-0.2, -0.15) is 0 Å². The summed E-state index contributed by atoms with van der Waals surface area (Å²) in [5.41, 5.74) is 7.21. The van der Waals surface area contributed by atoms with E-state index in [9.17, 15) is 4.39 Å². The minimum atomic E-state index is -0.163. The quantitative estimate of drug-likeness (QED) is 0.889. The van der Waals surface area contributed by atoms with Gasteiger partial charge in [0.2, 0.25) is 0 Å². The molecule has 0 aromatic heterocycles. The molecule has 1 aliphatic rings. The maximum absolute atomic E-state index is 13.1. The molecule has 3 heteroatoms. The standard InChI is InChI=1S/C17H27FN2/c1-3-13-9-10-20(16(11-13)12-19)17(4-2)14-5-7-15(18)8-6-14/h5-8,13,16-17H,3-4,9-12,19H2,1-2H3. The molecule has 3 unspecified atom stereocenters. The lowest BCUT2D eigenvalue weighted by atomic mass is 9.86. The molecule has 3 atom stereocenters. The fourth-order valence-corrected chi connectivity index (χ4v) is 3.51. The highest BCUT2D eigenvalue weighted by molar-refractivity contribution is 5.20. The number of hydrogen-bond acceptors (Lipinski definition) is 2. The van der Waals surface area contributed by atoms with Gasteiger partial charge in [0.05, 0.1) is 0 Å². The summed E-state index contributed by atoms with van der Waals surface area (Å²) in [6, 6.07) is 7.79. The Morgan fingerprint density at radius 3 is 2.55 bits per heavy atom. The van der Waals surface area contributed by atoms with Gasteiger partial charge in [0.25, 0.3) is 0 Å². The highest BCUT2D eigenvalue weighted by Crippen LogP contribution is 2.33. The van der Waals surface area contributed by atoms with Crippen molar-refractivity contribution < 1.29 is 4.39 Å². The molecule has 0 radical (unpaired) electrons. The number of benzene rings is 1. The number of halogens is 1. The Kier molecular flexibility index (Phi) is 5.55. The van der Waals surface area contributed by atoms with Gasteiger partial charge in [-0.05, 0) is 49.4 Å². The minimum absolute atomic E-state index is 0.163. The molecule has 20 heavy (non-hydrogen) atoms. The van der Waals surface area contributed by atoms with Gasteiger partial charge in [-0.1, -0.05) is 32.4 Å². The molecule has 0 aliphatic carbocycles. The molecule has 2 rings (SSSR count). The second-order valence-electron chi connectivity index (χ2n) is 5.90. The van der Waals surface area contributed by atoms with Crippen LogP contribution < -0.4 is 5.73 Å². The first-order chi connectivity index (χ1) is 9.69. The number of nitrogens with two attached hydrogens (primary N) is 1. The number of nitrogens with zero attached hydrogens (tertiary/aromatic N) is 1. The summed E-state index contributed by atoms with van der Waals surface area (Å²) in [5, 5.41) is 0. The molecule has 112 valence electrons. The van der Waals surface area contributed by atoms with Crippen molar-refractivity contribution in [3.05, 3.63) is 35.6 Å². The van der Waals surface area contributed by atoms with Crippen molar-refractivity contribution >= 4 is 0 Å². The van der Waals surface area contributed by atoms with E-state index in [1.807, 2.05) is 12.1 Å². The Hall–Kier alpha value is -0.930. The predicted octanol–water partition coefficient (Wildman–Crippen LogP) is 3.73. The smallest absolute Gasteiger partial charge is 0.123 e. The van der Waals surface area contributed by atoms with E-state index in [0.29, 0.717) is 18.6 Å². The van der Waals surface area contributed by atoms with Crippen molar-refractivity contribution in [2.24, 2.45) is 11.7 Å². The summed E-state index contributed by atoms with van der Waals surface area (Å²) in [4.78, 5) is 2.54. The molecular formula is C17H27FN2. The highest BCUT2D eigenvalue weighted by atomic mass is 19.1. The second kappa shape index (κ2) is 7.19. The molecule has 1 aliphatic heterocycles. The Balaban J connectivity index is 2.15. The van der Waals surface area contributed by atoms with E-state index in [2.05, 4.69) is 18.7 Å². The van der Waals surface area contributed by atoms with Crippen molar-refractivity contribution in [1.82, 2.24) is 4.90 Å². The van der Waals surface area contributed by atoms with Crippen LogP contribution in [0.5, 0.6) is 0 Å². The maximum atomic E-state index is 13.1. The molecule has 0 bridgehead atoms. The molecule has 0 saturated carbocycles. The van der Waals surface area contributed by atoms with Crippen molar-refractivity contribution in [2.45, 2.75) is 51.6 Å². The molecule has 0 spiro atoms. The van der Waals surface area contributed by atoms with Gasteiger partial charge in [-0.15, -0.1) is 0 Å². The molecule has 1 aromatic rings. The number of hydrogen-bond donors (Lipinski definition) is 1. The van der Waals surface area contributed by atoms with Gasteiger partial charge in [-0.3, -0.25) is 4.90 Å². The van der Waals surface area contributed by atoms with Crippen LogP contribution in [0.2, 0.25) is 0 Å². The lowest BCUT2D eigenvalue weighted by molar-refractivity contribution is 0.0677. The lowest BCUT2D eigenvalue weighted by Crippen LogP contribution is -2.48. The predicted molar refractivity (Wildman–Crippen MR) is 82.0 cm³/mol. The van der Waals surface area contributed by atoms with Crippen molar-refractivity contribution in [2.75, 3.05) is 13.1 Å². The molecular weight excluding hydrogens is 251 g/mol. The van der Waals surface area contributed by atoms with Crippen molar-refractivity contribution in [3.63, 3.8) is 0 Å². The third-order valence-corrected chi connectivity index (χ3v) is 4.76. The monoisotopic (exact) mass is 278 g/mol. The van der Waals surface area contributed by atoms with Gasteiger partial charge in [0, 0.05) is 18.6 Å². The SMILES string of the molecule is CCC1CCN(C(CC)c2ccc(F)cc2)C(CN)C1. The fraction of sp³-hybridized carbons (Fsp3) is 0.647. The van der Waals surface area contributed by atoms with Crippen LogP contribution in [0.15, 0.2) is 24.3 Å². The van der Waals surface area contributed by atoms with Crippen molar-refractivity contribution in [1.29, 1.82) is 0 Å². The summed E-state index contributed by atoms with van der Waals surface area (Å²) in [5.74, 6) is 0.647. The van der Waals surface area contributed by atoms with Gasteiger partial charge >= 0.3 is 0 Å². The zero-order valence-electron chi connectivity index (χ0n) is 12.7. The molecule has 1 fully saturated rings. The summed E-state index contributed by atoms with van der Waals surface area (Å²) < 4.78 is 13.1. The minimum Gasteiger partial charge on any atom is -0.329 e. The van der Waals surface area contributed by atoms with Crippen LogP contribution in [0, 0.1) is 11.7 Å². The Labute approximate surface area is 122 Å². The third kappa shape index (κ3) is 3.39. The number of likely N-dealkylation sites (tertiary alicyclic amines) is 1. The first kappa shape index (κ1) is 15.5. The van der Waals surface area contributed by atoms with Gasteiger partial charge in [0.15, 0.2) is 0 Å². The van der Waals surface area contributed by atoms with Crippen LogP contribution >= 0.6 is 0 Å². The van der Waals surface area contributed by atoms with E-state index < -0.39 is 0 Å². The highest BCUT2D eigenvalue weighted by Gasteiger charge is 2.31. The molecule has 1 saturated heterocycles. The third-order valence-electron chi connectivity index (χ3n) is 4.76. The maximum Gasteiger partial charge on any atom is 0.123 e. The van der Waals surface area contributed by atoms with Gasteiger partial charge in [-0.25, -0.2) is 4.39 Å². The van der Waals surface area contributed by atoms with Crippen molar-refractivity contribution in [3.8, 4) is 0 Å². The zero-order valence-corrected chi connectivity index (χ0v) is 12.7. The van der Waals surface area contributed by atoms with E-state index >= 15 is 0 Å². The second-order valence-corrected chi connectivity index (χ2v) is 5.90. The summed E-state index contributed by atoms with van der Waals surface area (Å²) in [6.45, 7) is 6.29. The van der Waals surface area contributed by atoms with E-state index in [4.69, 9.17) is 5.73 Å². The summed E-state index contributed by atoms with van der Waals surface area (Å²) >= 11 is 0. The number of rotatable bonds is 5. The van der Waals surface area contributed by atoms with Crippen LogP contribution in [0.25, 0.3) is 0 Å². The lowest BCUT2D eigenvalue weighted by Gasteiger charge is -2.43. The normalized spacial score (nSPS) is 25.6. The average Bonchev–Trinajstić information content (AvgIpc) is 2.50. The molecule has 1 heterocycles.